The van der Waals surface area contributed by atoms with Crippen LogP contribution in [0.5, 0.6) is 0 Å². The van der Waals surface area contributed by atoms with Crippen LogP contribution in [0.4, 0.5) is 0 Å². The minimum absolute atomic E-state index is 0.342. The molecule has 0 aromatic heterocycles. The summed E-state index contributed by atoms with van der Waals surface area (Å²) in [6.07, 6.45) is 14.4. The highest BCUT2D eigenvalue weighted by atomic mass is 16.4. The molecule has 0 aliphatic rings. The van der Waals surface area contributed by atoms with Gasteiger partial charge in [-0.2, -0.15) is 0 Å². The van der Waals surface area contributed by atoms with E-state index in [9.17, 15) is 0 Å². The van der Waals surface area contributed by atoms with Gasteiger partial charge in [-0.3, -0.25) is 4.79 Å². The second kappa shape index (κ2) is 17.3. The number of unbranched alkanes of at least 4 members (excludes halogenated alkanes) is 5. The normalized spacial score (nSPS) is 9.76. The van der Waals surface area contributed by atoms with Crippen molar-refractivity contribution >= 4 is 5.97 Å². The Morgan fingerprint density at radius 2 is 1.59 bits per heavy atom. The Kier molecular flexibility index (Phi) is 18.6. The predicted molar refractivity (Wildman–Crippen MR) is 72.1 cm³/mol. The minimum Gasteiger partial charge on any atom is -0.481 e. The fourth-order valence-corrected chi connectivity index (χ4v) is 1.18. The SMILES string of the molecule is C=CCCC=CCCCCCCO.CC(=O)O. The van der Waals surface area contributed by atoms with Gasteiger partial charge in [0, 0.05) is 13.5 Å². The zero-order chi connectivity index (χ0) is 13.4. The van der Waals surface area contributed by atoms with E-state index in [2.05, 4.69) is 18.7 Å². The Bertz CT molecular complexity index is 194. The number of hydrogen-bond donors (Lipinski definition) is 2. The molecule has 0 aromatic rings. The van der Waals surface area contributed by atoms with Gasteiger partial charge < -0.3 is 10.2 Å². The third-order valence-corrected chi connectivity index (χ3v) is 1.98. The molecule has 17 heavy (non-hydrogen) atoms. The minimum atomic E-state index is -0.833. The van der Waals surface area contributed by atoms with Gasteiger partial charge in [-0.1, -0.05) is 31.1 Å². The highest BCUT2D eigenvalue weighted by Gasteiger charge is 1.86. The first-order valence-electron chi connectivity index (χ1n) is 6.21. The molecule has 0 atom stereocenters. The lowest BCUT2D eigenvalue weighted by Gasteiger charge is -1.95. The van der Waals surface area contributed by atoms with Gasteiger partial charge in [-0.25, -0.2) is 0 Å². The lowest BCUT2D eigenvalue weighted by atomic mass is 10.1. The summed E-state index contributed by atoms with van der Waals surface area (Å²) < 4.78 is 0. The summed E-state index contributed by atoms with van der Waals surface area (Å²) in [5, 5.41) is 16.0. The van der Waals surface area contributed by atoms with E-state index in [1.807, 2.05) is 6.08 Å². The molecule has 0 aromatic carbocycles. The summed E-state index contributed by atoms with van der Waals surface area (Å²) in [5.74, 6) is -0.833. The van der Waals surface area contributed by atoms with Crippen LogP contribution in [-0.2, 0) is 4.79 Å². The van der Waals surface area contributed by atoms with Crippen molar-refractivity contribution in [3.8, 4) is 0 Å². The third-order valence-electron chi connectivity index (χ3n) is 1.98. The molecule has 0 amide bonds. The van der Waals surface area contributed by atoms with E-state index in [0.717, 1.165) is 32.6 Å². The van der Waals surface area contributed by atoms with Crippen LogP contribution in [0.3, 0.4) is 0 Å². The second-order valence-corrected chi connectivity index (χ2v) is 3.78. The molecule has 2 N–H and O–H groups in total. The molecule has 3 heteroatoms. The van der Waals surface area contributed by atoms with Crippen molar-refractivity contribution < 1.29 is 15.0 Å². The van der Waals surface area contributed by atoms with Crippen molar-refractivity contribution in [2.45, 2.75) is 51.9 Å². The van der Waals surface area contributed by atoms with E-state index in [4.69, 9.17) is 15.0 Å². The maximum absolute atomic E-state index is 9.00. The number of aliphatic carboxylic acids is 1. The second-order valence-electron chi connectivity index (χ2n) is 3.78. The van der Waals surface area contributed by atoms with E-state index in [0.29, 0.717) is 6.61 Å². The van der Waals surface area contributed by atoms with Crippen LogP contribution in [0, 0.1) is 0 Å². The molecule has 0 radical (unpaired) electrons. The Morgan fingerprint density at radius 1 is 1.06 bits per heavy atom. The summed E-state index contributed by atoms with van der Waals surface area (Å²) in [4.78, 5) is 9.00. The Labute approximate surface area is 105 Å². The number of carboxylic acids is 1. The molecule has 0 unspecified atom stereocenters. The lowest BCUT2D eigenvalue weighted by Crippen LogP contribution is -1.82. The van der Waals surface area contributed by atoms with Crippen molar-refractivity contribution in [1.82, 2.24) is 0 Å². The van der Waals surface area contributed by atoms with Crippen molar-refractivity contribution in [1.29, 1.82) is 0 Å². The topological polar surface area (TPSA) is 57.5 Å². The first kappa shape index (κ1) is 18.3. The number of carboxylic acid groups (broad SMARTS) is 1. The zero-order valence-electron chi connectivity index (χ0n) is 10.9. The average Bonchev–Trinajstić information content (AvgIpc) is 2.26. The molecule has 0 heterocycles. The van der Waals surface area contributed by atoms with Crippen LogP contribution >= 0.6 is 0 Å². The van der Waals surface area contributed by atoms with Gasteiger partial charge in [0.05, 0.1) is 0 Å². The van der Waals surface area contributed by atoms with Crippen LogP contribution in [0.1, 0.15) is 51.9 Å². The summed E-state index contributed by atoms with van der Waals surface area (Å²) in [7, 11) is 0. The van der Waals surface area contributed by atoms with Crippen LogP contribution in [0.25, 0.3) is 0 Å². The van der Waals surface area contributed by atoms with Crippen LogP contribution in [0.15, 0.2) is 24.8 Å². The highest BCUT2D eigenvalue weighted by molar-refractivity contribution is 5.62. The molecule has 0 aliphatic heterocycles. The van der Waals surface area contributed by atoms with Crippen molar-refractivity contribution in [3.63, 3.8) is 0 Å². The molecule has 0 rings (SSSR count). The van der Waals surface area contributed by atoms with E-state index in [1.54, 1.807) is 0 Å². The van der Waals surface area contributed by atoms with Gasteiger partial charge in [-0.05, 0) is 32.1 Å². The van der Waals surface area contributed by atoms with Crippen molar-refractivity contribution in [2.24, 2.45) is 0 Å². The molecule has 0 bridgehead atoms. The monoisotopic (exact) mass is 242 g/mol. The van der Waals surface area contributed by atoms with Crippen molar-refractivity contribution in [2.75, 3.05) is 6.61 Å². The van der Waals surface area contributed by atoms with Gasteiger partial charge in [0.2, 0.25) is 0 Å². The lowest BCUT2D eigenvalue weighted by molar-refractivity contribution is -0.134. The summed E-state index contributed by atoms with van der Waals surface area (Å²) >= 11 is 0. The number of aliphatic hydroxyl groups excluding tert-OH is 1. The van der Waals surface area contributed by atoms with Crippen LogP contribution in [0.2, 0.25) is 0 Å². The maximum atomic E-state index is 9.00. The van der Waals surface area contributed by atoms with E-state index in [1.165, 1.54) is 19.3 Å². The fourth-order valence-electron chi connectivity index (χ4n) is 1.18. The third kappa shape index (κ3) is 31.3. The molecule has 0 spiro atoms. The summed E-state index contributed by atoms with van der Waals surface area (Å²) in [6.45, 7) is 5.10. The van der Waals surface area contributed by atoms with Crippen molar-refractivity contribution in [3.05, 3.63) is 24.8 Å². The molecule has 0 aliphatic carbocycles. The molecule has 100 valence electrons. The maximum Gasteiger partial charge on any atom is 0.300 e. The van der Waals surface area contributed by atoms with Gasteiger partial charge in [0.15, 0.2) is 0 Å². The van der Waals surface area contributed by atoms with Gasteiger partial charge in [0.25, 0.3) is 5.97 Å². The number of aliphatic hydroxyl groups is 1. The molecule has 0 saturated carbocycles. The standard InChI is InChI=1S/C12H22O.C2H4O2/c1-2-3-4-5-6-7-8-9-10-11-12-13;1-2(3)4/h2,5-6,13H,1,3-4,7-12H2;1H3,(H,3,4). The number of allylic oxidation sites excluding steroid dienone is 3. The molecule has 0 fully saturated rings. The number of carbonyl (C=O) groups is 1. The predicted octanol–water partition coefficient (Wildman–Crippen LogP) is 3.54. The fraction of sp³-hybridized carbons (Fsp3) is 0.643. The van der Waals surface area contributed by atoms with Gasteiger partial charge >= 0.3 is 0 Å². The first-order chi connectivity index (χ1) is 8.15. The zero-order valence-corrected chi connectivity index (χ0v) is 10.9. The molecule has 0 saturated heterocycles. The Morgan fingerprint density at radius 3 is 2.12 bits per heavy atom. The van der Waals surface area contributed by atoms with E-state index >= 15 is 0 Å². The van der Waals surface area contributed by atoms with E-state index in [-0.39, 0.29) is 0 Å². The molecular weight excluding hydrogens is 216 g/mol. The van der Waals surface area contributed by atoms with Gasteiger partial charge in [0.1, 0.15) is 0 Å². The highest BCUT2D eigenvalue weighted by Crippen LogP contribution is 2.03. The molecule has 3 nitrogen and oxygen atoms in total. The van der Waals surface area contributed by atoms with E-state index < -0.39 is 5.97 Å². The number of hydrogen-bond acceptors (Lipinski definition) is 2. The largest absolute Gasteiger partial charge is 0.481 e. The van der Waals surface area contributed by atoms with Crippen LogP contribution < -0.4 is 0 Å². The van der Waals surface area contributed by atoms with Gasteiger partial charge in [-0.15, -0.1) is 6.58 Å². The number of rotatable bonds is 9. The summed E-state index contributed by atoms with van der Waals surface area (Å²) in [5.41, 5.74) is 0. The first-order valence-corrected chi connectivity index (χ1v) is 6.21. The quantitative estimate of drug-likeness (QED) is 0.480. The molecular formula is C14H26O3. The summed E-state index contributed by atoms with van der Waals surface area (Å²) in [6, 6.07) is 0. The Balaban J connectivity index is 0. The van der Waals surface area contributed by atoms with Crippen LogP contribution in [-0.4, -0.2) is 22.8 Å². The average molecular weight is 242 g/mol. The Hall–Kier alpha value is -1.09. The smallest absolute Gasteiger partial charge is 0.300 e.